The van der Waals surface area contributed by atoms with E-state index in [1.54, 1.807) is 18.3 Å². The number of nitrogens with zero attached hydrogens (tertiary/aromatic N) is 2. The molecule has 1 rings (SSSR count). The SMILES string of the molecule is CCCCCCC(C)Nc1cc(C#N)ccn1. The third-order valence-electron chi connectivity index (χ3n) is 2.77. The molecule has 0 spiro atoms. The van der Waals surface area contributed by atoms with Gasteiger partial charge in [0.15, 0.2) is 0 Å². The van der Waals surface area contributed by atoms with E-state index >= 15 is 0 Å². The third kappa shape index (κ3) is 5.35. The summed E-state index contributed by atoms with van der Waals surface area (Å²) in [4.78, 5) is 4.21. The summed E-state index contributed by atoms with van der Waals surface area (Å²) in [5.41, 5.74) is 0.653. The van der Waals surface area contributed by atoms with Crippen LogP contribution in [0.3, 0.4) is 0 Å². The summed E-state index contributed by atoms with van der Waals surface area (Å²) in [7, 11) is 0. The number of aromatic nitrogens is 1. The van der Waals surface area contributed by atoms with Crippen molar-refractivity contribution in [1.82, 2.24) is 4.98 Å². The van der Waals surface area contributed by atoms with Gasteiger partial charge in [0, 0.05) is 12.2 Å². The van der Waals surface area contributed by atoms with Gasteiger partial charge in [-0.1, -0.05) is 32.6 Å². The summed E-state index contributed by atoms with van der Waals surface area (Å²) in [6.45, 7) is 4.38. The lowest BCUT2D eigenvalue weighted by Crippen LogP contribution is -2.15. The highest BCUT2D eigenvalue weighted by molar-refractivity contribution is 5.42. The summed E-state index contributed by atoms with van der Waals surface area (Å²) in [6, 6.07) is 6.04. The Bertz CT molecular complexity index is 368. The number of pyridine rings is 1. The van der Waals surface area contributed by atoms with Crippen LogP contribution in [0.4, 0.5) is 5.82 Å². The Balaban J connectivity index is 2.34. The molecule has 1 aromatic heterocycles. The normalized spacial score (nSPS) is 11.8. The minimum Gasteiger partial charge on any atom is -0.368 e. The van der Waals surface area contributed by atoms with Crippen molar-refractivity contribution >= 4 is 5.82 Å². The summed E-state index contributed by atoms with van der Waals surface area (Å²) in [5.74, 6) is 0.798. The molecule has 1 atom stereocenters. The third-order valence-corrected chi connectivity index (χ3v) is 2.77. The van der Waals surface area contributed by atoms with Gasteiger partial charge in [-0.2, -0.15) is 5.26 Å². The number of hydrogen-bond donors (Lipinski definition) is 1. The number of unbranched alkanes of at least 4 members (excludes halogenated alkanes) is 3. The minimum atomic E-state index is 0.410. The first-order valence-electron chi connectivity index (χ1n) is 6.39. The number of nitriles is 1. The molecule has 0 aliphatic heterocycles. The number of nitrogens with one attached hydrogen (secondary N) is 1. The fourth-order valence-corrected chi connectivity index (χ4v) is 1.78. The highest BCUT2D eigenvalue weighted by atomic mass is 15.0. The average Bonchev–Trinajstić information content (AvgIpc) is 2.35. The second kappa shape index (κ2) is 7.67. The van der Waals surface area contributed by atoms with Crippen LogP contribution in [0.5, 0.6) is 0 Å². The summed E-state index contributed by atoms with van der Waals surface area (Å²) in [5, 5.41) is 12.1. The topological polar surface area (TPSA) is 48.7 Å². The molecule has 1 aromatic rings. The maximum absolute atomic E-state index is 8.79. The first-order chi connectivity index (χ1) is 8.26. The van der Waals surface area contributed by atoms with Gasteiger partial charge in [-0.3, -0.25) is 0 Å². The van der Waals surface area contributed by atoms with Gasteiger partial charge in [0.1, 0.15) is 5.82 Å². The standard InChI is InChI=1S/C14H21N3/c1-3-4-5-6-7-12(2)17-14-10-13(11-15)8-9-16-14/h8-10,12H,3-7H2,1-2H3,(H,16,17). The Morgan fingerprint density at radius 1 is 1.41 bits per heavy atom. The smallest absolute Gasteiger partial charge is 0.127 e. The predicted octanol–water partition coefficient (Wildman–Crippen LogP) is 3.72. The molecule has 1 heterocycles. The molecule has 3 heteroatoms. The van der Waals surface area contributed by atoms with Crippen LogP contribution in [-0.4, -0.2) is 11.0 Å². The number of rotatable bonds is 7. The van der Waals surface area contributed by atoms with Gasteiger partial charge in [-0.25, -0.2) is 4.98 Å². The molecule has 92 valence electrons. The lowest BCUT2D eigenvalue weighted by atomic mass is 10.1. The molecule has 1 N–H and O–H groups in total. The van der Waals surface area contributed by atoms with Crippen molar-refractivity contribution < 1.29 is 0 Å². The van der Waals surface area contributed by atoms with Crippen molar-refractivity contribution in [3.05, 3.63) is 23.9 Å². The fourth-order valence-electron chi connectivity index (χ4n) is 1.78. The van der Waals surface area contributed by atoms with Crippen LogP contribution in [0.25, 0.3) is 0 Å². The molecule has 0 bridgehead atoms. The fraction of sp³-hybridized carbons (Fsp3) is 0.571. The molecule has 0 saturated carbocycles. The highest BCUT2D eigenvalue weighted by Crippen LogP contribution is 2.11. The highest BCUT2D eigenvalue weighted by Gasteiger charge is 2.03. The van der Waals surface area contributed by atoms with E-state index < -0.39 is 0 Å². The molecule has 3 nitrogen and oxygen atoms in total. The van der Waals surface area contributed by atoms with Gasteiger partial charge in [-0.15, -0.1) is 0 Å². The first-order valence-corrected chi connectivity index (χ1v) is 6.39. The van der Waals surface area contributed by atoms with Crippen molar-refractivity contribution in [2.45, 2.75) is 52.0 Å². The van der Waals surface area contributed by atoms with Crippen LogP contribution in [0.15, 0.2) is 18.3 Å². The average molecular weight is 231 g/mol. The van der Waals surface area contributed by atoms with Crippen molar-refractivity contribution in [3.63, 3.8) is 0 Å². The Hall–Kier alpha value is -1.56. The molecule has 0 fully saturated rings. The molecule has 0 aliphatic carbocycles. The van der Waals surface area contributed by atoms with E-state index in [0.717, 1.165) is 12.2 Å². The van der Waals surface area contributed by atoms with Gasteiger partial charge in [-0.05, 0) is 25.5 Å². The zero-order chi connectivity index (χ0) is 12.5. The van der Waals surface area contributed by atoms with E-state index in [0.29, 0.717) is 11.6 Å². The minimum absolute atomic E-state index is 0.410. The van der Waals surface area contributed by atoms with Gasteiger partial charge >= 0.3 is 0 Å². The zero-order valence-electron chi connectivity index (χ0n) is 10.7. The van der Waals surface area contributed by atoms with Crippen molar-refractivity contribution in [3.8, 4) is 6.07 Å². The van der Waals surface area contributed by atoms with E-state index in [4.69, 9.17) is 5.26 Å². The van der Waals surface area contributed by atoms with Gasteiger partial charge < -0.3 is 5.32 Å². The zero-order valence-corrected chi connectivity index (χ0v) is 10.7. The van der Waals surface area contributed by atoms with Crippen LogP contribution >= 0.6 is 0 Å². The van der Waals surface area contributed by atoms with Crippen LogP contribution < -0.4 is 5.32 Å². The summed E-state index contributed by atoms with van der Waals surface area (Å²) < 4.78 is 0. The van der Waals surface area contributed by atoms with Gasteiger partial charge in [0.05, 0.1) is 11.6 Å². The summed E-state index contributed by atoms with van der Waals surface area (Å²) >= 11 is 0. The van der Waals surface area contributed by atoms with E-state index in [-0.39, 0.29) is 0 Å². The van der Waals surface area contributed by atoms with Crippen LogP contribution in [0.1, 0.15) is 51.5 Å². The molecule has 1 unspecified atom stereocenters. The maximum Gasteiger partial charge on any atom is 0.127 e. The first kappa shape index (κ1) is 13.5. The number of anilines is 1. The largest absolute Gasteiger partial charge is 0.368 e. The molecular formula is C14H21N3. The van der Waals surface area contributed by atoms with Crippen LogP contribution in [-0.2, 0) is 0 Å². The van der Waals surface area contributed by atoms with Gasteiger partial charge in [0.25, 0.3) is 0 Å². The Morgan fingerprint density at radius 2 is 2.24 bits per heavy atom. The predicted molar refractivity (Wildman–Crippen MR) is 70.8 cm³/mol. The van der Waals surface area contributed by atoms with Gasteiger partial charge in [0.2, 0.25) is 0 Å². The lowest BCUT2D eigenvalue weighted by Gasteiger charge is -2.14. The van der Waals surface area contributed by atoms with E-state index in [2.05, 4.69) is 30.2 Å². The Labute approximate surface area is 104 Å². The quantitative estimate of drug-likeness (QED) is 0.727. The Morgan fingerprint density at radius 3 is 2.94 bits per heavy atom. The van der Waals surface area contributed by atoms with Crippen LogP contribution in [0.2, 0.25) is 0 Å². The second-order valence-corrected chi connectivity index (χ2v) is 4.44. The van der Waals surface area contributed by atoms with Crippen LogP contribution in [0, 0.1) is 11.3 Å². The molecule has 0 amide bonds. The maximum atomic E-state index is 8.79. The summed E-state index contributed by atoms with van der Waals surface area (Å²) in [6.07, 6.45) is 7.96. The molecule has 0 radical (unpaired) electrons. The van der Waals surface area contributed by atoms with E-state index in [1.807, 2.05) is 0 Å². The van der Waals surface area contributed by atoms with E-state index in [1.165, 1.54) is 25.7 Å². The van der Waals surface area contributed by atoms with Crippen molar-refractivity contribution in [1.29, 1.82) is 5.26 Å². The van der Waals surface area contributed by atoms with Crippen molar-refractivity contribution in [2.24, 2.45) is 0 Å². The number of hydrogen-bond acceptors (Lipinski definition) is 3. The molecule has 0 aromatic carbocycles. The Kier molecular flexibility index (Phi) is 6.09. The van der Waals surface area contributed by atoms with Crippen molar-refractivity contribution in [2.75, 3.05) is 5.32 Å². The lowest BCUT2D eigenvalue weighted by molar-refractivity contribution is 0.593. The molecule has 0 aliphatic rings. The van der Waals surface area contributed by atoms with E-state index in [9.17, 15) is 0 Å². The molecule has 0 saturated heterocycles. The monoisotopic (exact) mass is 231 g/mol. The second-order valence-electron chi connectivity index (χ2n) is 4.44. The molecular weight excluding hydrogens is 210 g/mol. The molecule has 17 heavy (non-hydrogen) atoms.